The van der Waals surface area contributed by atoms with Crippen LogP contribution in [0.4, 0.5) is 0 Å². The van der Waals surface area contributed by atoms with Crippen LogP contribution in [0.2, 0.25) is 0 Å². The number of likely N-dealkylation sites (N-methyl/N-ethyl adjacent to an activating group) is 1. The third-order valence-corrected chi connectivity index (χ3v) is 4.01. The molecule has 1 saturated heterocycles. The molecule has 108 valence electrons. The average molecular weight is 255 g/mol. The first kappa shape index (κ1) is 15.9. The number of piperidine rings is 1. The van der Waals surface area contributed by atoms with Crippen molar-refractivity contribution in [2.75, 3.05) is 45.8 Å². The molecule has 0 unspecified atom stereocenters. The zero-order valence-electron chi connectivity index (χ0n) is 12.7. The van der Waals surface area contributed by atoms with Crippen molar-refractivity contribution >= 4 is 0 Å². The molecule has 3 nitrogen and oxygen atoms in total. The molecule has 0 aromatic rings. The minimum absolute atomic E-state index is 0.821. The second kappa shape index (κ2) is 9.76. The number of hydrogen-bond donors (Lipinski definition) is 1. The van der Waals surface area contributed by atoms with Crippen LogP contribution in [0.5, 0.6) is 0 Å². The third kappa shape index (κ3) is 5.68. The van der Waals surface area contributed by atoms with Crippen molar-refractivity contribution in [3.8, 4) is 0 Å². The Hall–Kier alpha value is -0.120. The van der Waals surface area contributed by atoms with Crippen LogP contribution in [0, 0.1) is 0 Å². The van der Waals surface area contributed by atoms with Crippen LogP contribution in [0.1, 0.15) is 46.5 Å². The molecule has 1 aliphatic heterocycles. The Morgan fingerprint density at radius 3 is 2.00 bits per heavy atom. The van der Waals surface area contributed by atoms with Gasteiger partial charge in [0.1, 0.15) is 0 Å². The first-order valence-electron chi connectivity index (χ1n) is 7.98. The largest absolute Gasteiger partial charge is 0.317 e. The number of rotatable bonds is 9. The Kier molecular flexibility index (Phi) is 8.64. The van der Waals surface area contributed by atoms with Crippen molar-refractivity contribution in [3.63, 3.8) is 0 Å². The van der Waals surface area contributed by atoms with E-state index in [-0.39, 0.29) is 0 Å². The van der Waals surface area contributed by atoms with Crippen molar-refractivity contribution in [2.45, 2.75) is 52.5 Å². The lowest BCUT2D eigenvalue weighted by Gasteiger charge is -2.35. The van der Waals surface area contributed by atoms with Gasteiger partial charge in [0.05, 0.1) is 0 Å². The predicted octanol–water partition coefficient (Wildman–Crippen LogP) is 2.18. The Morgan fingerprint density at radius 2 is 1.50 bits per heavy atom. The van der Waals surface area contributed by atoms with Crippen molar-refractivity contribution in [2.24, 2.45) is 0 Å². The standard InChI is InChI=1S/C15H33N3/c1-4-11-17(12-5-2)13-14-18(6-3)15-7-9-16-10-8-15/h15-16H,4-14H2,1-3H3. The highest BCUT2D eigenvalue weighted by Gasteiger charge is 2.19. The summed E-state index contributed by atoms with van der Waals surface area (Å²) < 4.78 is 0. The van der Waals surface area contributed by atoms with Gasteiger partial charge in [-0.05, 0) is 58.4 Å². The van der Waals surface area contributed by atoms with E-state index in [4.69, 9.17) is 0 Å². The summed E-state index contributed by atoms with van der Waals surface area (Å²) in [5.74, 6) is 0. The van der Waals surface area contributed by atoms with Crippen LogP contribution < -0.4 is 5.32 Å². The van der Waals surface area contributed by atoms with E-state index in [1.807, 2.05) is 0 Å². The molecule has 18 heavy (non-hydrogen) atoms. The summed E-state index contributed by atoms with van der Waals surface area (Å²) in [4.78, 5) is 5.32. The van der Waals surface area contributed by atoms with Gasteiger partial charge in [0.25, 0.3) is 0 Å². The average Bonchev–Trinajstić information content (AvgIpc) is 2.41. The highest BCUT2D eigenvalue weighted by molar-refractivity contribution is 4.77. The quantitative estimate of drug-likeness (QED) is 0.681. The molecule has 1 aliphatic rings. The number of nitrogens with zero attached hydrogens (tertiary/aromatic N) is 2. The van der Waals surface area contributed by atoms with Crippen LogP contribution >= 0.6 is 0 Å². The van der Waals surface area contributed by atoms with Crippen LogP contribution in [0.3, 0.4) is 0 Å². The predicted molar refractivity (Wildman–Crippen MR) is 80.2 cm³/mol. The molecule has 1 heterocycles. The molecule has 3 heteroatoms. The maximum Gasteiger partial charge on any atom is 0.0120 e. The molecular weight excluding hydrogens is 222 g/mol. The molecule has 0 aliphatic carbocycles. The monoisotopic (exact) mass is 255 g/mol. The molecule has 0 amide bonds. The topological polar surface area (TPSA) is 18.5 Å². The summed E-state index contributed by atoms with van der Waals surface area (Å²) in [6.45, 7) is 15.5. The van der Waals surface area contributed by atoms with Crippen LogP contribution in [0.25, 0.3) is 0 Å². The Balaban J connectivity index is 2.31. The highest BCUT2D eigenvalue weighted by Crippen LogP contribution is 2.11. The Labute approximate surface area is 114 Å². The zero-order valence-corrected chi connectivity index (χ0v) is 12.7. The summed E-state index contributed by atoms with van der Waals surface area (Å²) in [7, 11) is 0. The van der Waals surface area contributed by atoms with Gasteiger partial charge in [-0.3, -0.25) is 4.90 Å². The van der Waals surface area contributed by atoms with E-state index in [0.717, 1.165) is 6.04 Å². The van der Waals surface area contributed by atoms with Crippen LogP contribution in [-0.4, -0.2) is 61.7 Å². The summed E-state index contributed by atoms with van der Waals surface area (Å²) in [6, 6.07) is 0.821. The molecule has 1 fully saturated rings. The fourth-order valence-corrected chi connectivity index (χ4v) is 3.01. The van der Waals surface area contributed by atoms with Gasteiger partial charge in [0.2, 0.25) is 0 Å². The molecule has 0 radical (unpaired) electrons. The van der Waals surface area contributed by atoms with Gasteiger partial charge in [-0.1, -0.05) is 20.8 Å². The van der Waals surface area contributed by atoms with Gasteiger partial charge in [0.15, 0.2) is 0 Å². The van der Waals surface area contributed by atoms with Crippen LogP contribution in [-0.2, 0) is 0 Å². The van der Waals surface area contributed by atoms with Crippen molar-refractivity contribution in [1.82, 2.24) is 15.1 Å². The van der Waals surface area contributed by atoms with E-state index in [1.165, 1.54) is 71.5 Å². The van der Waals surface area contributed by atoms with E-state index in [1.54, 1.807) is 0 Å². The van der Waals surface area contributed by atoms with E-state index in [2.05, 4.69) is 35.9 Å². The highest BCUT2D eigenvalue weighted by atomic mass is 15.2. The molecule has 0 aromatic carbocycles. The lowest BCUT2D eigenvalue weighted by atomic mass is 10.0. The Morgan fingerprint density at radius 1 is 0.889 bits per heavy atom. The zero-order chi connectivity index (χ0) is 13.2. The summed E-state index contributed by atoms with van der Waals surface area (Å²) in [5.41, 5.74) is 0. The smallest absolute Gasteiger partial charge is 0.0120 e. The van der Waals surface area contributed by atoms with Gasteiger partial charge in [-0.2, -0.15) is 0 Å². The fourth-order valence-electron chi connectivity index (χ4n) is 3.01. The minimum atomic E-state index is 0.821. The molecule has 1 rings (SSSR count). The maximum atomic E-state index is 3.46. The normalized spacial score (nSPS) is 17.8. The van der Waals surface area contributed by atoms with Gasteiger partial charge in [0, 0.05) is 19.1 Å². The van der Waals surface area contributed by atoms with Gasteiger partial charge in [-0.15, -0.1) is 0 Å². The first-order chi connectivity index (χ1) is 8.81. The van der Waals surface area contributed by atoms with E-state index in [9.17, 15) is 0 Å². The summed E-state index contributed by atoms with van der Waals surface area (Å²) in [6.07, 6.45) is 5.21. The van der Waals surface area contributed by atoms with Crippen molar-refractivity contribution < 1.29 is 0 Å². The number of nitrogens with one attached hydrogen (secondary N) is 1. The summed E-state index contributed by atoms with van der Waals surface area (Å²) >= 11 is 0. The molecule has 1 N–H and O–H groups in total. The molecule has 0 atom stereocenters. The second-order valence-corrected chi connectivity index (χ2v) is 5.45. The van der Waals surface area contributed by atoms with E-state index in [0.29, 0.717) is 0 Å². The molecule has 0 spiro atoms. The van der Waals surface area contributed by atoms with E-state index >= 15 is 0 Å². The lowest BCUT2D eigenvalue weighted by molar-refractivity contribution is 0.142. The third-order valence-electron chi connectivity index (χ3n) is 4.01. The SMILES string of the molecule is CCCN(CCC)CCN(CC)C1CCNCC1. The van der Waals surface area contributed by atoms with Gasteiger partial charge < -0.3 is 10.2 Å². The lowest BCUT2D eigenvalue weighted by Crippen LogP contribution is -2.46. The van der Waals surface area contributed by atoms with Crippen molar-refractivity contribution in [1.29, 1.82) is 0 Å². The second-order valence-electron chi connectivity index (χ2n) is 5.45. The summed E-state index contributed by atoms with van der Waals surface area (Å²) in [5, 5.41) is 3.46. The first-order valence-corrected chi connectivity index (χ1v) is 7.98. The van der Waals surface area contributed by atoms with Gasteiger partial charge in [-0.25, -0.2) is 0 Å². The van der Waals surface area contributed by atoms with Crippen molar-refractivity contribution in [3.05, 3.63) is 0 Å². The van der Waals surface area contributed by atoms with Crippen LogP contribution in [0.15, 0.2) is 0 Å². The molecule has 0 aromatic heterocycles. The maximum absolute atomic E-state index is 3.46. The minimum Gasteiger partial charge on any atom is -0.317 e. The molecular formula is C15H33N3. The number of hydrogen-bond acceptors (Lipinski definition) is 3. The molecule has 0 bridgehead atoms. The fraction of sp³-hybridized carbons (Fsp3) is 1.00. The molecule has 0 saturated carbocycles. The van der Waals surface area contributed by atoms with E-state index < -0.39 is 0 Å². The Bertz CT molecular complexity index is 184. The van der Waals surface area contributed by atoms with Gasteiger partial charge >= 0.3 is 0 Å².